The van der Waals surface area contributed by atoms with E-state index in [0.29, 0.717) is 11.3 Å². The highest BCUT2D eigenvalue weighted by molar-refractivity contribution is 7.92. The first-order valence-corrected chi connectivity index (χ1v) is 12.3. The van der Waals surface area contributed by atoms with Gasteiger partial charge in [-0.3, -0.25) is 9.52 Å². The number of methoxy groups -OCH3 is 1. The van der Waals surface area contributed by atoms with Crippen LogP contribution >= 0.6 is 11.3 Å². The molecule has 0 unspecified atom stereocenters. The number of nitriles is 1. The summed E-state index contributed by atoms with van der Waals surface area (Å²) in [6.45, 7) is 3.45. The smallest absolute Gasteiger partial charge is 0.348 e. The molecule has 9 nitrogen and oxygen atoms in total. The first-order valence-electron chi connectivity index (χ1n) is 9.99. The van der Waals surface area contributed by atoms with E-state index in [9.17, 15) is 23.3 Å². The predicted octanol–water partition coefficient (Wildman–Crippen LogP) is 4.17. The lowest BCUT2D eigenvalue weighted by Crippen LogP contribution is -2.15. The molecule has 3 aromatic rings. The topological polar surface area (TPSA) is 135 Å². The van der Waals surface area contributed by atoms with Gasteiger partial charge in [0.1, 0.15) is 21.7 Å². The summed E-state index contributed by atoms with van der Waals surface area (Å²) in [5.41, 5.74) is 0.918. The summed E-state index contributed by atoms with van der Waals surface area (Å²) in [6, 6.07) is 13.8. The standard InChI is InChI=1S/C23H21N3O6S2/c1-4-32-23(28)20-14(2)19(13-24)22(33-20)25-21(27)15-6-5-7-16(12-15)26-34(29,30)18-10-8-17(31-3)9-11-18/h5-12,26H,4H2,1-3H3,(H,25,27). The molecule has 0 aliphatic rings. The van der Waals surface area contributed by atoms with Crippen LogP contribution in [-0.4, -0.2) is 34.0 Å². The molecule has 0 spiro atoms. The molecule has 34 heavy (non-hydrogen) atoms. The van der Waals surface area contributed by atoms with Crippen molar-refractivity contribution in [3.05, 3.63) is 70.1 Å². The Morgan fingerprint density at radius 2 is 1.85 bits per heavy atom. The van der Waals surface area contributed by atoms with Gasteiger partial charge in [0.05, 0.1) is 24.2 Å². The van der Waals surface area contributed by atoms with Crippen molar-refractivity contribution in [3.63, 3.8) is 0 Å². The molecule has 0 saturated carbocycles. The SMILES string of the molecule is CCOC(=O)c1sc(NC(=O)c2cccc(NS(=O)(=O)c3ccc(OC)cc3)c2)c(C#N)c1C. The van der Waals surface area contributed by atoms with Crippen LogP contribution in [0.3, 0.4) is 0 Å². The van der Waals surface area contributed by atoms with E-state index >= 15 is 0 Å². The van der Waals surface area contributed by atoms with Crippen LogP contribution in [0, 0.1) is 18.3 Å². The molecular formula is C23H21N3O6S2. The molecule has 2 aromatic carbocycles. The Morgan fingerprint density at radius 3 is 2.47 bits per heavy atom. The van der Waals surface area contributed by atoms with E-state index in [1.165, 1.54) is 55.6 Å². The maximum atomic E-state index is 12.8. The van der Waals surface area contributed by atoms with Gasteiger partial charge in [-0.2, -0.15) is 5.26 Å². The summed E-state index contributed by atoms with van der Waals surface area (Å²) >= 11 is 0.945. The highest BCUT2D eigenvalue weighted by Crippen LogP contribution is 2.33. The van der Waals surface area contributed by atoms with Crippen LogP contribution in [0.4, 0.5) is 10.7 Å². The predicted molar refractivity (Wildman–Crippen MR) is 128 cm³/mol. The molecule has 2 N–H and O–H groups in total. The first-order chi connectivity index (χ1) is 16.2. The number of anilines is 2. The third kappa shape index (κ3) is 5.36. The van der Waals surface area contributed by atoms with Crippen LogP contribution in [0.2, 0.25) is 0 Å². The Labute approximate surface area is 201 Å². The van der Waals surface area contributed by atoms with Crippen molar-refractivity contribution >= 4 is 43.9 Å². The van der Waals surface area contributed by atoms with Gasteiger partial charge in [-0.05, 0) is 61.9 Å². The van der Waals surface area contributed by atoms with E-state index in [-0.39, 0.29) is 38.2 Å². The number of carbonyl (C=O) groups excluding carboxylic acids is 2. The average Bonchev–Trinajstić information content (AvgIpc) is 3.14. The number of sulfonamides is 1. The van der Waals surface area contributed by atoms with E-state index in [2.05, 4.69) is 10.0 Å². The largest absolute Gasteiger partial charge is 0.497 e. The second kappa shape index (κ2) is 10.4. The number of benzene rings is 2. The van der Waals surface area contributed by atoms with Crippen LogP contribution in [-0.2, 0) is 14.8 Å². The van der Waals surface area contributed by atoms with Gasteiger partial charge in [0.15, 0.2) is 0 Å². The molecule has 1 amide bonds. The Hall–Kier alpha value is -3.88. The number of ether oxygens (including phenoxy) is 2. The van der Waals surface area contributed by atoms with Crippen molar-refractivity contribution in [1.82, 2.24) is 0 Å². The molecule has 0 aliphatic carbocycles. The quantitative estimate of drug-likeness (QED) is 0.444. The number of hydrogen-bond donors (Lipinski definition) is 2. The Balaban J connectivity index is 1.82. The molecule has 1 heterocycles. The summed E-state index contributed by atoms with van der Waals surface area (Å²) in [4.78, 5) is 25.2. The van der Waals surface area contributed by atoms with Gasteiger partial charge in [-0.1, -0.05) is 6.07 Å². The number of rotatable bonds is 8. The Kier molecular flexibility index (Phi) is 7.55. The van der Waals surface area contributed by atoms with Crippen LogP contribution in [0.15, 0.2) is 53.4 Å². The second-order valence-electron chi connectivity index (χ2n) is 6.91. The van der Waals surface area contributed by atoms with E-state index in [1.54, 1.807) is 13.8 Å². The van der Waals surface area contributed by atoms with Crippen molar-refractivity contribution in [3.8, 4) is 11.8 Å². The molecule has 0 radical (unpaired) electrons. The maximum Gasteiger partial charge on any atom is 0.348 e. The first kappa shape index (κ1) is 24.8. The van der Waals surface area contributed by atoms with Crippen molar-refractivity contribution in [2.24, 2.45) is 0 Å². The summed E-state index contributed by atoms with van der Waals surface area (Å²) in [6.07, 6.45) is 0. The number of esters is 1. The molecule has 0 fully saturated rings. The lowest BCUT2D eigenvalue weighted by molar-refractivity contribution is 0.0531. The summed E-state index contributed by atoms with van der Waals surface area (Å²) in [5, 5.41) is 12.3. The fourth-order valence-corrected chi connectivity index (χ4v) is 5.09. The molecule has 0 aliphatic heterocycles. The molecule has 0 bridgehead atoms. The van der Waals surface area contributed by atoms with Gasteiger partial charge in [-0.15, -0.1) is 11.3 Å². The zero-order valence-electron chi connectivity index (χ0n) is 18.5. The maximum absolute atomic E-state index is 12.8. The van der Waals surface area contributed by atoms with E-state index in [1.807, 2.05) is 6.07 Å². The van der Waals surface area contributed by atoms with Crippen LogP contribution in [0.5, 0.6) is 5.75 Å². The fourth-order valence-electron chi connectivity index (χ4n) is 3.00. The van der Waals surface area contributed by atoms with Crippen LogP contribution in [0.1, 0.15) is 38.1 Å². The van der Waals surface area contributed by atoms with Crippen molar-refractivity contribution in [2.45, 2.75) is 18.7 Å². The van der Waals surface area contributed by atoms with E-state index < -0.39 is 21.9 Å². The van der Waals surface area contributed by atoms with Crippen molar-refractivity contribution < 1.29 is 27.5 Å². The third-order valence-electron chi connectivity index (χ3n) is 4.69. The van der Waals surface area contributed by atoms with Crippen LogP contribution < -0.4 is 14.8 Å². The van der Waals surface area contributed by atoms with Crippen molar-refractivity contribution in [1.29, 1.82) is 5.26 Å². The highest BCUT2D eigenvalue weighted by Gasteiger charge is 2.23. The molecule has 0 atom stereocenters. The third-order valence-corrected chi connectivity index (χ3v) is 7.28. The Morgan fingerprint density at radius 1 is 1.15 bits per heavy atom. The number of nitrogens with one attached hydrogen (secondary N) is 2. The average molecular weight is 500 g/mol. The number of nitrogens with zero attached hydrogens (tertiary/aromatic N) is 1. The lowest BCUT2D eigenvalue weighted by Gasteiger charge is -2.10. The minimum absolute atomic E-state index is 0.0300. The minimum Gasteiger partial charge on any atom is -0.497 e. The van der Waals surface area contributed by atoms with Gasteiger partial charge in [0.2, 0.25) is 0 Å². The molecule has 176 valence electrons. The summed E-state index contributed by atoms with van der Waals surface area (Å²) in [5.74, 6) is -0.625. The van der Waals surface area contributed by atoms with E-state index in [4.69, 9.17) is 9.47 Å². The van der Waals surface area contributed by atoms with Gasteiger partial charge in [-0.25, -0.2) is 13.2 Å². The van der Waals surface area contributed by atoms with E-state index in [0.717, 1.165) is 11.3 Å². The number of carbonyl (C=O) groups is 2. The monoisotopic (exact) mass is 499 g/mol. The normalized spacial score (nSPS) is 10.8. The van der Waals surface area contributed by atoms with Gasteiger partial charge >= 0.3 is 5.97 Å². The molecule has 0 saturated heterocycles. The Bertz CT molecular complexity index is 1370. The van der Waals surface area contributed by atoms with Gasteiger partial charge in [0.25, 0.3) is 15.9 Å². The number of thiophene rings is 1. The molecule has 3 rings (SSSR count). The second-order valence-corrected chi connectivity index (χ2v) is 9.61. The zero-order chi connectivity index (χ0) is 24.9. The van der Waals surface area contributed by atoms with Gasteiger partial charge < -0.3 is 14.8 Å². The summed E-state index contributed by atoms with van der Waals surface area (Å²) < 4.78 is 37.8. The van der Waals surface area contributed by atoms with Gasteiger partial charge in [0, 0.05) is 11.3 Å². The van der Waals surface area contributed by atoms with Crippen molar-refractivity contribution in [2.75, 3.05) is 23.8 Å². The molecule has 1 aromatic heterocycles. The molecular weight excluding hydrogens is 478 g/mol. The number of amides is 1. The fraction of sp³-hybridized carbons (Fsp3) is 0.174. The highest BCUT2D eigenvalue weighted by atomic mass is 32.2. The minimum atomic E-state index is -3.90. The molecule has 11 heteroatoms. The summed E-state index contributed by atoms with van der Waals surface area (Å²) in [7, 11) is -2.42. The van der Waals surface area contributed by atoms with Crippen LogP contribution in [0.25, 0.3) is 0 Å². The zero-order valence-corrected chi connectivity index (χ0v) is 20.2. The lowest BCUT2D eigenvalue weighted by atomic mass is 10.1. The number of hydrogen-bond acceptors (Lipinski definition) is 8.